The van der Waals surface area contributed by atoms with Gasteiger partial charge in [0.2, 0.25) is 5.13 Å². The molecular formula is C36H28ClN5O4S2. The maximum Gasteiger partial charge on any atom is 0.301 e. The van der Waals surface area contributed by atoms with Gasteiger partial charge < -0.3 is 14.2 Å². The molecule has 0 aliphatic carbocycles. The Morgan fingerprint density at radius 2 is 1.71 bits per heavy atom. The molecule has 4 heterocycles. The molecule has 7 rings (SSSR count). The van der Waals surface area contributed by atoms with Crippen LogP contribution in [-0.2, 0) is 21.9 Å². The number of Topliss-reactive ketones (excluding diaryl/α,β-unsaturated/α-hetero) is 1. The summed E-state index contributed by atoms with van der Waals surface area (Å²) in [6, 6.07) is 27.3. The van der Waals surface area contributed by atoms with Gasteiger partial charge in [-0.15, -0.1) is 10.2 Å². The molecule has 9 nitrogen and oxygen atoms in total. The predicted molar refractivity (Wildman–Crippen MR) is 188 cm³/mol. The van der Waals surface area contributed by atoms with Gasteiger partial charge in [-0.1, -0.05) is 101 Å². The van der Waals surface area contributed by atoms with Crippen molar-refractivity contribution in [1.82, 2.24) is 19.6 Å². The number of hydrogen-bond donors (Lipinski definition) is 1. The predicted octanol–water partition coefficient (Wildman–Crippen LogP) is 7.95. The number of benzene rings is 3. The number of ketones is 1. The number of carbonyl (C=O) groups is 2. The van der Waals surface area contributed by atoms with Gasteiger partial charge in [0.15, 0.2) is 10.1 Å². The fourth-order valence-corrected chi connectivity index (χ4v) is 7.77. The molecule has 0 spiro atoms. The van der Waals surface area contributed by atoms with Crippen LogP contribution in [0.15, 0.2) is 107 Å². The number of carbonyl (C=O) groups excluding carboxylic acids is 2. The van der Waals surface area contributed by atoms with Crippen LogP contribution in [0.1, 0.15) is 39.7 Å². The average molecular weight is 694 g/mol. The van der Waals surface area contributed by atoms with E-state index in [-0.39, 0.29) is 22.2 Å². The summed E-state index contributed by atoms with van der Waals surface area (Å²) < 4.78 is 8.44. The van der Waals surface area contributed by atoms with Crippen molar-refractivity contribution in [3.8, 4) is 5.75 Å². The van der Waals surface area contributed by atoms with E-state index in [1.165, 1.54) is 28.0 Å². The van der Waals surface area contributed by atoms with Crippen molar-refractivity contribution < 1.29 is 19.4 Å². The number of nitrogens with zero attached hydrogens (tertiary/aromatic N) is 5. The van der Waals surface area contributed by atoms with Crippen LogP contribution in [-0.4, -0.2) is 36.4 Å². The van der Waals surface area contributed by atoms with Gasteiger partial charge in [0, 0.05) is 17.0 Å². The Balaban J connectivity index is 1.27. The third-order valence-electron chi connectivity index (χ3n) is 8.11. The van der Waals surface area contributed by atoms with Crippen LogP contribution in [0, 0.1) is 13.8 Å². The summed E-state index contributed by atoms with van der Waals surface area (Å²) in [4.78, 5) is 33.6. The molecule has 0 bridgehead atoms. The monoisotopic (exact) mass is 693 g/mol. The van der Waals surface area contributed by atoms with Gasteiger partial charge in [0.05, 0.1) is 17.3 Å². The maximum atomic E-state index is 13.8. The Labute approximate surface area is 289 Å². The molecule has 0 radical (unpaired) electrons. The second-order valence-corrected chi connectivity index (χ2v) is 13.8. The number of amides is 1. The number of halogens is 1. The van der Waals surface area contributed by atoms with Crippen molar-refractivity contribution in [3.63, 3.8) is 0 Å². The van der Waals surface area contributed by atoms with E-state index in [0.717, 1.165) is 16.7 Å². The number of pyridine rings is 1. The van der Waals surface area contributed by atoms with Crippen molar-refractivity contribution in [2.24, 2.45) is 0 Å². The van der Waals surface area contributed by atoms with E-state index in [0.29, 0.717) is 44.4 Å². The summed E-state index contributed by atoms with van der Waals surface area (Å²) in [6.45, 7) is 4.11. The van der Waals surface area contributed by atoms with Gasteiger partial charge in [-0.05, 0) is 60.4 Å². The Kier molecular flexibility index (Phi) is 8.74. The van der Waals surface area contributed by atoms with Crippen molar-refractivity contribution in [2.75, 3.05) is 4.90 Å². The molecule has 3 aromatic heterocycles. The first-order chi connectivity index (χ1) is 23.3. The van der Waals surface area contributed by atoms with E-state index in [2.05, 4.69) is 15.2 Å². The van der Waals surface area contributed by atoms with Crippen LogP contribution in [0.2, 0.25) is 5.02 Å². The number of rotatable bonds is 9. The smallest absolute Gasteiger partial charge is 0.301 e. The lowest BCUT2D eigenvalue weighted by atomic mass is 9.96. The van der Waals surface area contributed by atoms with Crippen molar-refractivity contribution in [1.29, 1.82) is 0 Å². The average Bonchev–Trinajstić information content (AvgIpc) is 3.78. The molecule has 1 N–H and O–H groups in total. The van der Waals surface area contributed by atoms with Crippen molar-refractivity contribution in [2.45, 2.75) is 36.6 Å². The van der Waals surface area contributed by atoms with Crippen LogP contribution >= 0.6 is 34.7 Å². The standard InChI is InChI=1S/C36H28ClN5O4S2/c1-21-9-8-18-41-22(2)29(38-33(21)41)31(43)28-30(24-14-16-26(17-15-24)46-19-23-10-4-3-5-11-23)42(34(45)32(28)44)35-39-40-36(48-35)47-20-25-12-6-7-13-27(25)37/h3-18,30,43H,19-20H2,1-2H3. The van der Waals surface area contributed by atoms with E-state index in [1.807, 2.05) is 91.2 Å². The lowest BCUT2D eigenvalue weighted by molar-refractivity contribution is -0.132. The first-order valence-electron chi connectivity index (χ1n) is 15.0. The largest absolute Gasteiger partial charge is 0.505 e. The van der Waals surface area contributed by atoms with Gasteiger partial charge in [-0.2, -0.15) is 0 Å². The first kappa shape index (κ1) is 31.6. The molecule has 0 saturated carbocycles. The van der Waals surface area contributed by atoms with Crippen LogP contribution in [0.3, 0.4) is 0 Å². The molecule has 1 fully saturated rings. The maximum absolute atomic E-state index is 13.8. The molecule has 12 heteroatoms. The highest BCUT2D eigenvalue weighted by Crippen LogP contribution is 2.44. The fourth-order valence-electron chi connectivity index (χ4n) is 5.62. The number of fused-ring (bicyclic) bond motifs is 1. The molecule has 1 aliphatic heterocycles. The summed E-state index contributed by atoms with van der Waals surface area (Å²) >= 11 is 8.96. The number of imidazole rings is 1. The summed E-state index contributed by atoms with van der Waals surface area (Å²) in [5.41, 5.74) is 4.87. The number of anilines is 1. The molecule has 1 saturated heterocycles. The summed E-state index contributed by atoms with van der Waals surface area (Å²) in [7, 11) is 0. The molecule has 1 amide bonds. The lowest BCUT2D eigenvalue weighted by Gasteiger charge is -2.22. The fraction of sp³-hybridized carbons (Fsp3) is 0.139. The number of aliphatic hydroxyl groups is 1. The van der Waals surface area contributed by atoms with E-state index >= 15 is 0 Å². The Bertz CT molecular complexity index is 2200. The summed E-state index contributed by atoms with van der Waals surface area (Å²) in [5, 5.41) is 21.3. The molecular weight excluding hydrogens is 666 g/mol. The molecule has 1 aliphatic rings. The normalized spacial score (nSPS) is 15.8. The highest BCUT2D eigenvalue weighted by molar-refractivity contribution is 8.00. The highest BCUT2D eigenvalue weighted by atomic mass is 35.5. The van der Waals surface area contributed by atoms with Gasteiger partial charge in [-0.25, -0.2) is 4.98 Å². The molecule has 6 aromatic rings. The number of aliphatic hydroxyl groups excluding tert-OH is 1. The zero-order valence-electron chi connectivity index (χ0n) is 25.8. The minimum Gasteiger partial charge on any atom is -0.505 e. The molecule has 1 unspecified atom stereocenters. The molecule has 3 aromatic carbocycles. The van der Waals surface area contributed by atoms with Crippen molar-refractivity contribution >= 4 is 62.9 Å². The van der Waals surface area contributed by atoms with E-state index in [4.69, 9.17) is 16.3 Å². The number of aromatic nitrogens is 4. The van der Waals surface area contributed by atoms with E-state index in [9.17, 15) is 14.7 Å². The van der Waals surface area contributed by atoms with Gasteiger partial charge >= 0.3 is 5.91 Å². The SMILES string of the molecule is Cc1cccn2c(C)c(C(O)=C3C(=O)C(=O)N(c4nnc(SCc5ccccc5Cl)s4)C3c3ccc(OCc4ccccc4)cc3)nc12. The number of ether oxygens (including phenoxy) is 1. The number of hydrogen-bond acceptors (Lipinski definition) is 9. The van der Waals surface area contributed by atoms with Crippen LogP contribution in [0.5, 0.6) is 5.75 Å². The summed E-state index contributed by atoms with van der Waals surface area (Å²) in [6.07, 6.45) is 1.84. The lowest BCUT2D eigenvalue weighted by Crippen LogP contribution is -2.29. The number of aryl methyl sites for hydroxylation is 2. The third kappa shape index (κ3) is 5.96. The van der Waals surface area contributed by atoms with Gasteiger partial charge in [0.1, 0.15) is 23.7 Å². The number of thioether (sulfide) groups is 1. The Hall–Kier alpha value is -4.97. The van der Waals surface area contributed by atoms with Crippen LogP contribution < -0.4 is 9.64 Å². The zero-order valence-corrected chi connectivity index (χ0v) is 28.2. The minimum atomic E-state index is -0.993. The quantitative estimate of drug-likeness (QED) is 0.0534. The Morgan fingerprint density at radius 3 is 2.46 bits per heavy atom. The van der Waals surface area contributed by atoms with Gasteiger partial charge in [0.25, 0.3) is 5.78 Å². The molecule has 240 valence electrons. The van der Waals surface area contributed by atoms with Crippen molar-refractivity contribution in [3.05, 3.63) is 141 Å². The van der Waals surface area contributed by atoms with Crippen LogP contribution in [0.25, 0.3) is 11.4 Å². The highest BCUT2D eigenvalue weighted by Gasteiger charge is 2.49. The second kappa shape index (κ2) is 13.3. The minimum absolute atomic E-state index is 0.0809. The first-order valence-corrected chi connectivity index (χ1v) is 17.2. The van der Waals surface area contributed by atoms with E-state index in [1.54, 1.807) is 24.3 Å². The van der Waals surface area contributed by atoms with E-state index < -0.39 is 17.7 Å². The van der Waals surface area contributed by atoms with Crippen LogP contribution in [0.4, 0.5) is 5.13 Å². The van der Waals surface area contributed by atoms with Gasteiger partial charge in [-0.3, -0.25) is 14.5 Å². The topological polar surface area (TPSA) is 110 Å². The molecule has 1 atom stereocenters. The Morgan fingerprint density at radius 1 is 0.958 bits per heavy atom. The molecule has 48 heavy (non-hydrogen) atoms. The third-order valence-corrected chi connectivity index (χ3v) is 10.6. The second-order valence-electron chi connectivity index (χ2n) is 11.2. The zero-order chi connectivity index (χ0) is 33.4. The summed E-state index contributed by atoms with van der Waals surface area (Å²) in [5.74, 6) is -0.852.